The monoisotopic (exact) mass is 462 g/mol. The highest BCUT2D eigenvalue weighted by atomic mass is 127. The Morgan fingerprint density at radius 3 is 2.52 bits per heavy atom. The molecule has 0 spiro atoms. The van der Waals surface area contributed by atoms with E-state index >= 15 is 0 Å². The van der Waals surface area contributed by atoms with Crippen molar-refractivity contribution in [1.82, 2.24) is 0 Å². The molecule has 0 radical (unpaired) electrons. The van der Waals surface area contributed by atoms with Crippen LogP contribution in [0.5, 0.6) is 11.5 Å². The second kappa shape index (κ2) is 7.13. The third-order valence-electron chi connectivity index (χ3n) is 2.77. The van der Waals surface area contributed by atoms with Crippen LogP contribution < -0.4 is 9.47 Å². The first-order valence-electron chi connectivity index (χ1n) is 5.99. The summed E-state index contributed by atoms with van der Waals surface area (Å²) in [6.07, 6.45) is 0. The highest BCUT2D eigenvalue weighted by Crippen LogP contribution is 2.34. The summed E-state index contributed by atoms with van der Waals surface area (Å²) in [5.74, 6) is -0.0342. The molecule has 2 rings (SSSR count). The van der Waals surface area contributed by atoms with Crippen LogP contribution in [-0.4, -0.2) is 18.2 Å². The van der Waals surface area contributed by atoms with Gasteiger partial charge in [-0.2, -0.15) is 0 Å². The lowest BCUT2D eigenvalue weighted by molar-refractivity contribution is 0.0696. The van der Waals surface area contributed by atoms with Gasteiger partial charge in [0.05, 0.1) is 16.2 Å². The van der Waals surface area contributed by atoms with Crippen molar-refractivity contribution >= 4 is 44.5 Å². The minimum absolute atomic E-state index is 0.173. The molecule has 0 aliphatic rings. The molecule has 2 aromatic carbocycles. The van der Waals surface area contributed by atoms with Gasteiger partial charge in [-0.15, -0.1) is 0 Å². The third-order valence-corrected chi connectivity index (χ3v) is 4.10. The predicted molar refractivity (Wildman–Crippen MR) is 91.1 cm³/mol. The van der Waals surface area contributed by atoms with E-state index in [1.165, 1.54) is 13.2 Å². The smallest absolute Gasteiger partial charge is 0.335 e. The van der Waals surface area contributed by atoms with Crippen molar-refractivity contribution in [3.8, 4) is 11.5 Å². The summed E-state index contributed by atoms with van der Waals surface area (Å²) in [6.45, 7) is 0.381. The van der Waals surface area contributed by atoms with E-state index in [4.69, 9.17) is 14.6 Å². The Balaban J connectivity index is 2.23. The Kier molecular flexibility index (Phi) is 5.46. The summed E-state index contributed by atoms with van der Waals surface area (Å²) in [4.78, 5) is 11.0. The fourth-order valence-electron chi connectivity index (χ4n) is 1.72. The topological polar surface area (TPSA) is 55.8 Å². The molecule has 0 aromatic heterocycles. The molecule has 0 atom stereocenters. The quantitative estimate of drug-likeness (QED) is 0.671. The molecule has 0 bridgehead atoms. The van der Waals surface area contributed by atoms with Crippen LogP contribution in [0.15, 0.2) is 40.9 Å². The van der Waals surface area contributed by atoms with Crippen LogP contribution in [0, 0.1) is 3.57 Å². The lowest BCUT2D eigenvalue weighted by Gasteiger charge is -2.13. The average molecular weight is 463 g/mol. The number of aromatic carboxylic acids is 1. The standard InChI is InChI=1S/C15H12BrIO4/c1-20-13-7-10(15(18)19)6-12(17)14(13)21-8-9-2-4-11(16)5-3-9/h2-7H,8H2,1H3,(H,18,19). The van der Waals surface area contributed by atoms with Gasteiger partial charge in [0.15, 0.2) is 11.5 Å². The molecular weight excluding hydrogens is 451 g/mol. The van der Waals surface area contributed by atoms with Gasteiger partial charge in [0, 0.05) is 4.47 Å². The zero-order valence-electron chi connectivity index (χ0n) is 11.1. The van der Waals surface area contributed by atoms with E-state index < -0.39 is 5.97 Å². The summed E-state index contributed by atoms with van der Waals surface area (Å²) < 4.78 is 12.7. The van der Waals surface area contributed by atoms with Crippen molar-refractivity contribution in [3.63, 3.8) is 0 Å². The number of hydrogen-bond acceptors (Lipinski definition) is 3. The van der Waals surface area contributed by atoms with Crippen LogP contribution in [0.1, 0.15) is 15.9 Å². The highest BCUT2D eigenvalue weighted by Gasteiger charge is 2.15. The van der Waals surface area contributed by atoms with Crippen LogP contribution in [0.25, 0.3) is 0 Å². The van der Waals surface area contributed by atoms with Gasteiger partial charge in [-0.25, -0.2) is 4.79 Å². The normalized spacial score (nSPS) is 10.2. The lowest BCUT2D eigenvalue weighted by Crippen LogP contribution is -2.03. The Hall–Kier alpha value is -1.28. The fourth-order valence-corrected chi connectivity index (χ4v) is 2.74. The molecular formula is C15H12BrIO4. The number of halogens is 2. The van der Waals surface area contributed by atoms with Crippen LogP contribution in [0.3, 0.4) is 0 Å². The molecule has 0 saturated carbocycles. The number of hydrogen-bond donors (Lipinski definition) is 1. The number of ether oxygens (including phenoxy) is 2. The van der Waals surface area contributed by atoms with Gasteiger partial charge in [0.1, 0.15) is 6.61 Å². The molecule has 0 amide bonds. The van der Waals surface area contributed by atoms with Crippen molar-refractivity contribution in [2.75, 3.05) is 7.11 Å². The molecule has 110 valence electrons. The maximum absolute atomic E-state index is 11.0. The number of carbonyl (C=O) groups is 1. The molecule has 2 aromatic rings. The van der Waals surface area contributed by atoms with E-state index in [1.54, 1.807) is 6.07 Å². The number of methoxy groups -OCH3 is 1. The van der Waals surface area contributed by atoms with Gasteiger partial charge in [0.25, 0.3) is 0 Å². The minimum atomic E-state index is -0.995. The predicted octanol–water partition coefficient (Wildman–Crippen LogP) is 4.34. The molecule has 0 aliphatic carbocycles. The summed E-state index contributed by atoms with van der Waals surface area (Å²) in [6, 6.07) is 10.8. The number of carboxylic acid groups (broad SMARTS) is 1. The molecule has 0 fully saturated rings. The molecule has 4 nitrogen and oxygen atoms in total. The first kappa shape index (κ1) is 16.1. The maximum Gasteiger partial charge on any atom is 0.335 e. The van der Waals surface area contributed by atoms with Gasteiger partial charge in [-0.3, -0.25) is 0 Å². The van der Waals surface area contributed by atoms with Crippen LogP contribution in [-0.2, 0) is 6.61 Å². The number of benzene rings is 2. The summed E-state index contributed by atoms with van der Waals surface area (Å²) >= 11 is 5.42. The Bertz CT molecular complexity index is 655. The van der Waals surface area contributed by atoms with Crippen LogP contribution in [0.2, 0.25) is 0 Å². The van der Waals surface area contributed by atoms with Gasteiger partial charge in [-0.1, -0.05) is 28.1 Å². The van der Waals surface area contributed by atoms with Crippen LogP contribution in [0.4, 0.5) is 0 Å². The summed E-state index contributed by atoms with van der Waals surface area (Å²) in [5, 5.41) is 9.05. The van der Waals surface area contributed by atoms with E-state index in [2.05, 4.69) is 15.9 Å². The largest absolute Gasteiger partial charge is 0.493 e. The van der Waals surface area contributed by atoms with E-state index in [0.29, 0.717) is 21.7 Å². The van der Waals surface area contributed by atoms with Gasteiger partial charge in [0.2, 0.25) is 0 Å². The van der Waals surface area contributed by atoms with E-state index in [1.807, 2.05) is 46.9 Å². The fraction of sp³-hybridized carbons (Fsp3) is 0.133. The van der Waals surface area contributed by atoms with Crippen LogP contribution >= 0.6 is 38.5 Å². The average Bonchev–Trinajstić information content (AvgIpc) is 2.46. The maximum atomic E-state index is 11.0. The van der Waals surface area contributed by atoms with Crippen molar-refractivity contribution in [3.05, 3.63) is 55.6 Å². The zero-order valence-corrected chi connectivity index (χ0v) is 14.8. The van der Waals surface area contributed by atoms with Crippen molar-refractivity contribution in [1.29, 1.82) is 0 Å². The summed E-state index contributed by atoms with van der Waals surface area (Å²) in [7, 11) is 1.49. The van der Waals surface area contributed by atoms with Crippen molar-refractivity contribution in [2.24, 2.45) is 0 Å². The highest BCUT2D eigenvalue weighted by molar-refractivity contribution is 14.1. The molecule has 0 saturated heterocycles. The minimum Gasteiger partial charge on any atom is -0.493 e. The summed E-state index contributed by atoms with van der Waals surface area (Å²) in [5.41, 5.74) is 1.19. The second-order valence-corrected chi connectivity index (χ2v) is 6.29. The molecule has 0 unspecified atom stereocenters. The molecule has 21 heavy (non-hydrogen) atoms. The van der Waals surface area contributed by atoms with E-state index in [-0.39, 0.29) is 5.56 Å². The lowest BCUT2D eigenvalue weighted by atomic mass is 10.2. The molecule has 6 heteroatoms. The first-order valence-corrected chi connectivity index (χ1v) is 7.86. The third kappa shape index (κ3) is 4.10. The second-order valence-electron chi connectivity index (χ2n) is 4.21. The van der Waals surface area contributed by atoms with Crippen molar-refractivity contribution < 1.29 is 19.4 Å². The molecule has 0 heterocycles. The van der Waals surface area contributed by atoms with E-state index in [0.717, 1.165) is 10.0 Å². The zero-order chi connectivity index (χ0) is 15.4. The first-order chi connectivity index (χ1) is 10.0. The SMILES string of the molecule is COc1cc(C(=O)O)cc(I)c1OCc1ccc(Br)cc1. The molecule has 0 aliphatic heterocycles. The Morgan fingerprint density at radius 2 is 1.95 bits per heavy atom. The Morgan fingerprint density at radius 1 is 1.29 bits per heavy atom. The number of carboxylic acids is 1. The molecule has 1 N–H and O–H groups in total. The van der Waals surface area contributed by atoms with Crippen molar-refractivity contribution in [2.45, 2.75) is 6.61 Å². The van der Waals surface area contributed by atoms with Gasteiger partial charge < -0.3 is 14.6 Å². The number of rotatable bonds is 5. The van der Waals surface area contributed by atoms with E-state index in [9.17, 15) is 4.79 Å². The van der Waals surface area contributed by atoms with Gasteiger partial charge >= 0.3 is 5.97 Å². The Labute approximate surface area is 144 Å². The van der Waals surface area contributed by atoms with Gasteiger partial charge in [-0.05, 0) is 52.4 Å².